The third-order valence-corrected chi connectivity index (χ3v) is 5.55. The monoisotopic (exact) mass is 351 g/mol. The molecule has 0 radical (unpaired) electrons. The first-order valence-corrected chi connectivity index (χ1v) is 9.58. The van der Waals surface area contributed by atoms with Gasteiger partial charge < -0.3 is 14.5 Å². The van der Waals surface area contributed by atoms with Crippen LogP contribution in [0.3, 0.4) is 0 Å². The van der Waals surface area contributed by atoms with E-state index in [1.165, 1.54) is 11.3 Å². The molecule has 132 valence electrons. The average molecular weight is 351 g/mol. The van der Waals surface area contributed by atoms with Crippen molar-refractivity contribution >= 4 is 23.2 Å². The van der Waals surface area contributed by atoms with Crippen molar-refractivity contribution in [1.29, 1.82) is 0 Å². The van der Waals surface area contributed by atoms with Crippen LogP contribution in [-0.4, -0.2) is 66.0 Å². The molecule has 0 unspecified atom stereocenters. The van der Waals surface area contributed by atoms with Crippen LogP contribution in [0.2, 0.25) is 0 Å². The maximum absolute atomic E-state index is 12.5. The number of morpholine rings is 1. The zero-order valence-corrected chi connectivity index (χ0v) is 15.0. The predicted octanol–water partition coefficient (Wildman–Crippen LogP) is 1.94. The molecule has 0 aromatic carbocycles. The number of nitrogens with zero attached hydrogens (tertiary/aromatic N) is 3. The summed E-state index contributed by atoms with van der Waals surface area (Å²) in [6.07, 6.45) is 3.53. The second-order valence-electron chi connectivity index (χ2n) is 6.54. The molecule has 1 atom stereocenters. The average Bonchev–Trinajstić information content (AvgIpc) is 3.06. The van der Waals surface area contributed by atoms with Gasteiger partial charge in [0.25, 0.3) is 5.91 Å². The number of amides is 2. The van der Waals surface area contributed by atoms with Crippen LogP contribution in [0.5, 0.6) is 0 Å². The highest BCUT2D eigenvalue weighted by molar-refractivity contribution is 7.09. The number of ether oxygens (including phenoxy) is 1. The molecule has 1 aromatic rings. The lowest BCUT2D eigenvalue weighted by Gasteiger charge is -2.33. The minimum atomic E-state index is 0.0311. The summed E-state index contributed by atoms with van der Waals surface area (Å²) in [5.41, 5.74) is 0.558. The van der Waals surface area contributed by atoms with Crippen molar-refractivity contribution < 1.29 is 14.3 Å². The van der Waals surface area contributed by atoms with Crippen molar-refractivity contribution in [2.24, 2.45) is 5.92 Å². The van der Waals surface area contributed by atoms with Crippen LogP contribution >= 0.6 is 11.3 Å². The highest BCUT2D eigenvalue weighted by atomic mass is 32.1. The maximum Gasteiger partial charge on any atom is 0.273 e. The van der Waals surface area contributed by atoms with E-state index in [1.54, 1.807) is 0 Å². The van der Waals surface area contributed by atoms with E-state index in [1.807, 2.05) is 22.1 Å². The van der Waals surface area contributed by atoms with Crippen LogP contribution < -0.4 is 0 Å². The van der Waals surface area contributed by atoms with Gasteiger partial charge in [-0.2, -0.15) is 0 Å². The molecule has 3 rings (SSSR count). The molecule has 0 N–H and O–H groups in total. The smallest absolute Gasteiger partial charge is 0.273 e. The first kappa shape index (κ1) is 17.4. The van der Waals surface area contributed by atoms with Crippen molar-refractivity contribution in [2.45, 2.75) is 32.6 Å². The largest absolute Gasteiger partial charge is 0.378 e. The summed E-state index contributed by atoms with van der Waals surface area (Å²) in [5.74, 6) is 0.660. The Morgan fingerprint density at radius 2 is 2.08 bits per heavy atom. The van der Waals surface area contributed by atoms with E-state index >= 15 is 0 Å². The van der Waals surface area contributed by atoms with Gasteiger partial charge in [-0.05, 0) is 32.1 Å². The summed E-state index contributed by atoms with van der Waals surface area (Å²) >= 11 is 1.51. The molecule has 2 aliphatic heterocycles. The van der Waals surface area contributed by atoms with E-state index in [2.05, 4.69) is 4.98 Å². The molecular weight excluding hydrogens is 326 g/mol. The van der Waals surface area contributed by atoms with Crippen molar-refractivity contribution in [1.82, 2.24) is 14.8 Å². The molecule has 6 nitrogen and oxygen atoms in total. The molecule has 3 heterocycles. The van der Waals surface area contributed by atoms with Gasteiger partial charge >= 0.3 is 0 Å². The van der Waals surface area contributed by atoms with Gasteiger partial charge in [0.1, 0.15) is 5.69 Å². The second-order valence-corrected chi connectivity index (χ2v) is 7.61. The third kappa shape index (κ3) is 4.33. The Labute approximate surface area is 146 Å². The predicted molar refractivity (Wildman–Crippen MR) is 92.1 cm³/mol. The lowest BCUT2D eigenvalue weighted by atomic mass is 9.93. The van der Waals surface area contributed by atoms with Gasteiger partial charge in [0.2, 0.25) is 5.91 Å². The normalized spacial score (nSPS) is 21.8. The number of hydrogen-bond donors (Lipinski definition) is 0. The van der Waals surface area contributed by atoms with Gasteiger partial charge in [0.05, 0.1) is 18.2 Å². The van der Waals surface area contributed by atoms with E-state index in [9.17, 15) is 9.59 Å². The molecule has 1 aromatic heterocycles. The van der Waals surface area contributed by atoms with Gasteiger partial charge in [0, 0.05) is 38.0 Å². The van der Waals surface area contributed by atoms with Gasteiger partial charge in [0.15, 0.2) is 0 Å². The minimum absolute atomic E-state index is 0.0311. The molecular formula is C17H25N3O3S. The van der Waals surface area contributed by atoms with Gasteiger partial charge in [-0.25, -0.2) is 4.98 Å². The number of aryl methyl sites for hydroxylation is 1. The highest BCUT2D eigenvalue weighted by Gasteiger charge is 2.26. The molecule has 24 heavy (non-hydrogen) atoms. The first-order chi connectivity index (χ1) is 11.6. The molecule has 0 saturated carbocycles. The summed E-state index contributed by atoms with van der Waals surface area (Å²) in [6.45, 7) is 6.15. The fraction of sp³-hybridized carbons (Fsp3) is 0.706. The van der Waals surface area contributed by atoms with E-state index in [-0.39, 0.29) is 11.8 Å². The van der Waals surface area contributed by atoms with Crippen LogP contribution in [-0.2, 0) is 9.53 Å². The van der Waals surface area contributed by atoms with Crippen molar-refractivity contribution in [3.05, 3.63) is 16.1 Å². The van der Waals surface area contributed by atoms with E-state index < -0.39 is 0 Å². The summed E-state index contributed by atoms with van der Waals surface area (Å²) in [5, 5.41) is 2.76. The fourth-order valence-corrected chi connectivity index (χ4v) is 3.99. The van der Waals surface area contributed by atoms with E-state index in [0.717, 1.165) is 37.4 Å². The first-order valence-electron chi connectivity index (χ1n) is 8.70. The molecule has 0 spiro atoms. The zero-order chi connectivity index (χ0) is 16.9. The number of aromatic nitrogens is 1. The van der Waals surface area contributed by atoms with Crippen LogP contribution in [0.15, 0.2) is 5.38 Å². The summed E-state index contributed by atoms with van der Waals surface area (Å²) in [4.78, 5) is 32.9. The third-order valence-electron chi connectivity index (χ3n) is 4.77. The zero-order valence-electron chi connectivity index (χ0n) is 14.2. The highest BCUT2D eigenvalue weighted by Crippen LogP contribution is 2.23. The number of hydrogen-bond acceptors (Lipinski definition) is 5. The Morgan fingerprint density at radius 1 is 1.29 bits per heavy atom. The van der Waals surface area contributed by atoms with Gasteiger partial charge in [-0.1, -0.05) is 0 Å². The molecule has 7 heteroatoms. The Kier molecular flexibility index (Phi) is 5.84. The van der Waals surface area contributed by atoms with Crippen molar-refractivity contribution in [2.75, 3.05) is 39.4 Å². The van der Waals surface area contributed by atoms with Crippen LogP contribution in [0.25, 0.3) is 0 Å². The Morgan fingerprint density at radius 3 is 2.79 bits per heavy atom. The Hall–Kier alpha value is -1.47. The number of rotatable bonds is 4. The van der Waals surface area contributed by atoms with Crippen molar-refractivity contribution in [3.8, 4) is 0 Å². The van der Waals surface area contributed by atoms with Crippen LogP contribution in [0.1, 0.15) is 41.2 Å². The summed E-state index contributed by atoms with van der Waals surface area (Å²) in [6, 6.07) is 0. The van der Waals surface area contributed by atoms with Gasteiger partial charge in [-0.15, -0.1) is 11.3 Å². The standard InChI is InChI=1S/C17H25N3O3S/c1-13-18-15(12-24-13)17(22)20-6-2-3-14(11-20)4-5-16(21)19-7-9-23-10-8-19/h12,14H,2-11H2,1H3/t14-/m0/s1. The molecule has 2 saturated heterocycles. The number of carbonyl (C=O) groups is 2. The lowest BCUT2D eigenvalue weighted by molar-refractivity contribution is -0.135. The van der Waals surface area contributed by atoms with Crippen LogP contribution in [0, 0.1) is 12.8 Å². The van der Waals surface area contributed by atoms with Gasteiger partial charge in [-0.3, -0.25) is 9.59 Å². The Bertz CT molecular complexity index is 583. The number of carbonyl (C=O) groups excluding carboxylic acids is 2. The molecule has 2 fully saturated rings. The molecule has 0 aliphatic carbocycles. The number of piperidine rings is 1. The topological polar surface area (TPSA) is 62.7 Å². The summed E-state index contributed by atoms with van der Waals surface area (Å²) < 4.78 is 5.29. The molecule has 0 bridgehead atoms. The maximum atomic E-state index is 12.5. The second kappa shape index (κ2) is 8.07. The van der Waals surface area contributed by atoms with E-state index in [4.69, 9.17) is 4.74 Å². The number of likely N-dealkylation sites (tertiary alicyclic amines) is 1. The lowest BCUT2D eigenvalue weighted by Crippen LogP contribution is -2.42. The minimum Gasteiger partial charge on any atom is -0.378 e. The quantitative estimate of drug-likeness (QED) is 0.832. The van der Waals surface area contributed by atoms with Crippen LogP contribution in [0.4, 0.5) is 0 Å². The number of thiazole rings is 1. The fourth-order valence-electron chi connectivity index (χ4n) is 3.41. The van der Waals surface area contributed by atoms with E-state index in [0.29, 0.717) is 44.3 Å². The summed E-state index contributed by atoms with van der Waals surface area (Å²) in [7, 11) is 0. The SMILES string of the molecule is Cc1nc(C(=O)N2CCC[C@@H](CCC(=O)N3CCOCC3)C2)cs1. The molecule has 2 amide bonds. The van der Waals surface area contributed by atoms with Crippen molar-refractivity contribution in [3.63, 3.8) is 0 Å². The Balaban J connectivity index is 1.48. The molecule has 2 aliphatic rings.